The van der Waals surface area contributed by atoms with Crippen molar-refractivity contribution < 1.29 is 36.2 Å². The molecule has 1 saturated heterocycles. The molecule has 30 heavy (non-hydrogen) atoms. The summed E-state index contributed by atoms with van der Waals surface area (Å²) in [5, 5.41) is 12.3. The summed E-state index contributed by atoms with van der Waals surface area (Å²) in [4.78, 5) is 11.2. The van der Waals surface area contributed by atoms with Crippen LogP contribution in [0.25, 0.3) is 0 Å². The van der Waals surface area contributed by atoms with Gasteiger partial charge in [-0.05, 0) is 31.0 Å². The Morgan fingerprint density at radius 1 is 1.10 bits per heavy atom. The maximum absolute atomic E-state index is 13.0. The second-order valence-electron chi connectivity index (χ2n) is 7.09. The molecule has 0 saturated carbocycles. The van der Waals surface area contributed by atoms with Crippen molar-refractivity contribution in [3.8, 4) is 0 Å². The Labute approximate surface area is 174 Å². The number of anilines is 1. The smallest absolute Gasteiger partial charge is 0.389 e. The first-order chi connectivity index (χ1) is 14.1. The molecule has 1 fully saturated rings. The number of hydrogen-bond acceptors (Lipinski definition) is 5. The van der Waals surface area contributed by atoms with E-state index in [1.165, 1.54) is 16.4 Å². The first-order valence-corrected chi connectivity index (χ1v) is 11.3. The van der Waals surface area contributed by atoms with Gasteiger partial charge in [0.2, 0.25) is 10.0 Å². The molecule has 2 N–H and O–H groups in total. The van der Waals surface area contributed by atoms with Gasteiger partial charge in [0.25, 0.3) is 0 Å². The van der Waals surface area contributed by atoms with Gasteiger partial charge in [-0.2, -0.15) is 17.5 Å². The van der Waals surface area contributed by atoms with Crippen LogP contribution in [-0.4, -0.2) is 62.8 Å². The number of ether oxygens (including phenoxy) is 1. The fourth-order valence-electron chi connectivity index (χ4n) is 3.14. The van der Waals surface area contributed by atoms with E-state index in [1.54, 1.807) is 0 Å². The monoisotopic (exact) mass is 452 g/mol. The maximum Gasteiger partial charge on any atom is 0.389 e. The molecule has 1 aliphatic rings. The van der Waals surface area contributed by atoms with E-state index in [4.69, 9.17) is 4.74 Å². The number of morpholine rings is 1. The molecule has 170 valence electrons. The number of sulfonamides is 1. The Bertz CT molecular complexity index is 809. The Kier molecular flexibility index (Phi) is 8.92. The molecule has 1 aromatic carbocycles. The lowest BCUT2D eigenvalue weighted by Gasteiger charge is -2.27. The van der Waals surface area contributed by atoms with Crippen molar-refractivity contribution in [3.63, 3.8) is 0 Å². The zero-order valence-electron chi connectivity index (χ0n) is 16.6. The van der Waals surface area contributed by atoms with Crippen LogP contribution in [0.5, 0.6) is 0 Å². The van der Waals surface area contributed by atoms with E-state index in [0.717, 1.165) is 6.07 Å². The van der Waals surface area contributed by atoms with E-state index in [-0.39, 0.29) is 43.2 Å². The van der Waals surface area contributed by atoms with E-state index >= 15 is 0 Å². The van der Waals surface area contributed by atoms with E-state index in [9.17, 15) is 31.5 Å². The Morgan fingerprint density at radius 2 is 1.73 bits per heavy atom. The fraction of sp³-hybridized carbons (Fsp3) is 0.632. The number of hydrogen-bond donors (Lipinski definition) is 2. The highest BCUT2D eigenvalue weighted by Gasteiger charge is 2.29. The summed E-state index contributed by atoms with van der Waals surface area (Å²) in [7, 11) is -3.90. The Hall–Kier alpha value is -1.85. The van der Waals surface area contributed by atoms with Crippen LogP contribution in [0.3, 0.4) is 0 Å². The number of nitrogens with zero attached hydrogens (tertiary/aromatic N) is 1. The van der Waals surface area contributed by atoms with Gasteiger partial charge in [0, 0.05) is 26.1 Å². The lowest BCUT2D eigenvalue weighted by Crippen LogP contribution is -2.40. The number of halogens is 3. The van der Waals surface area contributed by atoms with Crippen molar-refractivity contribution >= 4 is 21.7 Å². The lowest BCUT2D eigenvalue weighted by atomic mass is 10.1. The summed E-state index contributed by atoms with van der Waals surface area (Å²) in [6, 6.07) is 3.91. The first kappa shape index (κ1) is 24.4. The summed E-state index contributed by atoms with van der Waals surface area (Å²) in [5.41, 5.74) is 0.181. The van der Waals surface area contributed by atoms with Gasteiger partial charge >= 0.3 is 12.1 Å². The zero-order chi connectivity index (χ0) is 22.2. The van der Waals surface area contributed by atoms with Gasteiger partial charge in [0.05, 0.1) is 24.5 Å². The van der Waals surface area contributed by atoms with Gasteiger partial charge in [-0.3, -0.25) is 0 Å². The third-order valence-corrected chi connectivity index (χ3v) is 6.71. The molecular formula is C19H27F3N2O5S. The topological polar surface area (TPSA) is 95.9 Å². The quantitative estimate of drug-likeness (QED) is 0.497. The van der Waals surface area contributed by atoms with Gasteiger partial charge in [-0.15, -0.1) is 0 Å². The Balaban J connectivity index is 1.96. The van der Waals surface area contributed by atoms with Crippen LogP contribution in [0.2, 0.25) is 0 Å². The SMILES string of the molecule is O=C(O)c1ccc(NCCCCCCCC(F)(F)F)c(S(=O)(=O)N2CCOCC2)c1. The van der Waals surface area contributed by atoms with Crippen molar-refractivity contribution in [3.05, 3.63) is 23.8 Å². The number of rotatable bonds is 11. The summed E-state index contributed by atoms with van der Waals surface area (Å²) in [5.74, 6) is -1.22. The van der Waals surface area contributed by atoms with Crippen LogP contribution in [0, 0.1) is 0 Å². The fourth-order valence-corrected chi connectivity index (χ4v) is 4.75. The molecule has 0 amide bonds. The predicted molar refractivity (Wildman–Crippen MR) is 105 cm³/mol. The molecule has 0 unspecified atom stereocenters. The highest BCUT2D eigenvalue weighted by atomic mass is 32.2. The summed E-state index contributed by atoms with van der Waals surface area (Å²) in [6.07, 6.45) is -2.27. The van der Waals surface area contributed by atoms with Gasteiger partial charge in [0.1, 0.15) is 4.90 Å². The van der Waals surface area contributed by atoms with Gasteiger partial charge < -0.3 is 15.2 Å². The van der Waals surface area contributed by atoms with Gasteiger partial charge in [0.15, 0.2) is 0 Å². The molecule has 0 aliphatic carbocycles. The summed E-state index contributed by atoms with van der Waals surface area (Å²) >= 11 is 0. The highest BCUT2D eigenvalue weighted by Crippen LogP contribution is 2.27. The van der Waals surface area contributed by atoms with E-state index in [2.05, 4.69) is 5.32 Å². The standard InChI is InChI=1S/C19H27F3N2O5S/c20-19(21,22)8-4-2-1-3-5-9-23-16-7-6-15(18(25)26)14-17(16)30(27,28)24-10-12-29-13-11-24/h6-7,14,23H,1-5,8-13H2,(H,25,26). The van der Waals surface area contributed by atoms with Gasteiger partial charge in [-0.25, -0.2) is 13.2 Å². The van der Waals surface area contributed by atoms with Crippen LogP contribution in [0.15, 0.2) is 23.1 Å². The van der Waals surface area contributed by atoms with Crippen LogP contribution in [-0.2, 0) is 14.8 Å². The molecule has 7 nitrogen and oxygen atoms in total. The second-order valence-corrected chi connectivity index (χ2v) is 9.00. The average Bonchev–Trinajstić information content (AvgIpc) is 2.69. The molecule has 1 aliphatic heterocycles. The van der Waals surface area contributed by atoms with Crippen molar-refractivity contribution in [2.45, 2.75) is 49.6 Å². The van der Waals surface area contributed by atoms with Gasteiger partial charge in [-0.1, -0.05) is 19.3 Å². The van der Waals surface area contributed by atoms with Crippen LogP contribution in [0.1, 0.15) is 48.9 Å². The predicted octanol–water partition coefficient (Wildman–Crippen LogP) is 3.72. The molecule has 0 atom stereocenters. The maximum atomic E-state index is 13.0. The first-order valence-electron chi connectivity index (χ1n) is 9.87. The summed E-state index contributed by atoms with van der Waals surface area (Å²) < 4.78 is 68.8. The minimum absolute atomic E-state index is 0.102. The minimum Gasteiger partial charge on any atom is -0.478 e. The zero-order valence-corrected chi connectivity index (χ0v) is 17.4. The second kappa shape index (κ2) is 11.0. The normalized spacial score (nSPS) is 15.8. The van der Waals surface area contributed by atoms with E-state index in [0.29, 0.717) is 37.9 Å². The highest BCUT2D eigenvalue weighted by molar-refractivity contribution is 7.89. The molecule has 1 heterocycles. The number of unbranched alkanes of at least 4 members (excludes halogenated alkanes) is 4. The van der Waals surface area contributed by atoms with Crippen LogP contribution < -0.4 is 5.32 Å². The molecule has 11 heteroatoms. The number of nitrogens with one attached hydrogen (secondary N) is 1. The largest absolute Gasteiger partial charge is 0.478 e. The molecular weight excluding hydrogens is 425 g/mol. The van der Waals surface area contributed by atoms with Crippen LogP contribution in [0.4, 0.5) is 18.9 Å². The molecule has 2 rings (SSSR count). The average molecular weight is 452 g/mol. The van der Waals surface area contributed by atoms with Crippen molar-refractivity contribution in [1.82, 2.24) is 4.31 Å². The Morgan fingerprint density at radius 3 is 2.37 bits per heavy atom. The number of alkyl halides is 3. The van der Waals surface area contributed by atoms with Crippen molar-refractivity contribution in [2.75, 3.05) is 38.2 Å². The number of carbonyl (C=O) groups is 1. The molecule has 0 bridgehead atoms. The third-order valence-electron chi connectivity index (χ3n) is 4.77. The number of benzene rings is 1. The van der Waals surface area contributed by atoms with E-state index < -0.39 is 28.6 Å². The molecule has 0 spiro atoms. The number of carboxylic acid groups (broad SMARTS) is 1. The minimum atomic E-state index is -4.12. The number of aromatic carboxylic acids is 1. The van der Waals surface area contributed by atoms with Crippen molar-refractivity contribution in [2.24, 2.45) is 0 Å². The van der Waals surface area contributed by atoms with Crippen LogP contribution >= 0.6 is 0 Å². The van der Waals surface area contributed by atoms with E-state index in [1.807, 2.05) is 0 Å². The third kappa shape index (κ3) is 7.44. The number of carboxylic acids is 1. The lowest BCUT2D eigenvalue weighted by molar-refractivity contribution is -0.135. The molecule has 0 radical (unpaired) electrons. The summed E-state index contributed by atoms with van der Waals surface area (Å²) in [6.45, 7) is 1.36. The van der Waals surface area contributed by atoms with Crippen molar-refractivity contribution in [1.29, 1.82) is 0 Å². The molecule has 0 aromatic heterocycles. The molecule has 1 aromatic rings.